The first kappa shape index (κ1) is 23.1. The van der Waals surface area contributed by atoms with Gasteiger partial charge in [-0.15, -0.1) is 24.0 Å². The van der Waals surface area contributed by atoms with E-state index in [2.05, 4.69) is 50.9 Å². The van der Waals surface area contributed by atoms with Gasteiger partial charge < -0.3 is 20.1 Å². The maximum Gasteiger partial charge on any atom is 0.191 e. The second-order valence-electron chi connectivity index (χ2n) is 6.95. The van der Waals surface area contributed by atoms with Crippen molar-refractivity contribution in [1.82, 2.24) is 15.5 Å². The van der Waals surface area contributed by atoms with Crippen molar-refractivity contribution in [3.05, 3.63) is 47.0 Å². The average molecular weight is 500 g/mol. The molecule has 1 aromatic rings. The van der Waals surface area contributed by atoms with Gasteiger partial charge in [-0.25, -0.2) is 0 Å². The molecule has 7 heteroatoms. The van der Waals surface area contributed by atoms with E-state index in [-0.39, 0.29) is 24.0 Å². The number of nitrogens with one attached hydrogen (secondary N) is 2. The molecular weight excluding hydrogens is 467 g/mol. The highest BCUT2D eigenvalue weighted by Crippen LogP contribution is 2.13. The van der Waals surface area contributed by atoms with Crippen molar-refractivity contribution in [3.63, 3.8) is 0 Å². The van der Waals surface area contributed by atoms with Crippen LogP contribution < -0.4 is 10.6 Å². The number of rotatable bonds is 7. The van der Waals surface area contributed by atoms with Crippen molar-refractivity contribution >= 4 is 29.9 Å². The number of hydrogen-bond donors (Lipinski definition) is 2. The number of guanidine groups is 1. The second kappa shape index (κ2) is 13.1. The van der Waals surface area contributed by atoms with Crippen LogP contribution in [0.1, 0.15) is 24.0 Å². The molecule has 0 aromatic heterocycles. The Morgan fingerprint density at radius 2 is 1.86 bits per heavy atom. The molecule has 6 nitrogen and oxygen atoms in total. The Morgan fingerprint density at radius 1 is 1.07 bits per heavy atom. The van der Waals surface area contributed by atoms with E-state index >= 15 is 0 Å². The molecule has 28 heavy (non-hydrogen) atoms. The molecule has 0 amide bonds. The van der Waals surface area contributed by atoms with Crippen molar-refractivity contribution in [2.24, 2.45) is 4.99 Å². The zero-order valence-corrected chi connectivity index (χ0v) is 19.1. The van der Waals surface area contributed by atoms with E-state index in [0.29, 0.717) is 0 Å². The number of benzene rings is 1. The highest BCUT2D eigenvalue weighted by atomic mass is 127. The van der Waals surface area contributed by atoms with Crippen LogP contribution in [0.5, 0.6) is 0 Å². The molecule has 2 aliphatic heterocycles. The van der Waals surface area contributed by atoms with E-state index in [1.54, 1.807) is 0 Å². The minimum Gasteiger partial charge on any atom is -0.379 e. The first-order chi connectivity index (χ1) is 13.3. The van der Waals surface area contributed by atoms with E-state index in [1.165, 1.54) is 16.7 Å². The summed E-state index contributed by atoms with van der Waals surface area (Å²) in [5.41, 5.74) is 4.16. The fourth-order valence-corrected chi connectivity index (χ4v) is 3.42. The SMILES string of the molecule is CN=C(NCCC1=CCOCC1)NCc1ccccc1CN1CCOCC1.I. The van der Waals surface area contributed by atoms with Gasteiger partial charge in [0.1, 0.15) is 0 Å². The predicted molar refractivity (Wildman–Crippen MR) is 124 cm³/mol. The molecule has 0 bridgehead atoms. The molecule has 0 saturated carbocycles. The molecule has 0 spiro atoms. The van der Waals surface area contributed by atoms with Crippen molar-refractivity contribution in [3.8, 4) is 0 Å². The van der Waals surface area contributed by atoms with Gasteiger partial charge in [0.2, 0.25) is 0 Å². The molecular formula is C21H33IN4O2. The van der Waals surface area contributed by atoms with Gasteiger partial charge in [0.15, 0.2) is 5.96 Å². The number of hydrogen-bond acceptors (Lipinski definition) is 4. The molecule has 2 N–H and O–H groups in total. The molecule has 0 atom stereocenters. The Balaban J connectivity index is 0.00000280. The number of halogens is 1. The molecule has 1 aromatic carbocycles. The summed E-state index contributed by atoms with van der Waals surface area (Å²) in [4.78, 5) is 6.81. The monoisotopic (exact) mass is 500 g/mol. The topological polar surface area (TPSA) is 58.1 Å². The summed E-state index contributed by atoms with van der Waals surface area (Å²) >= 11 is 0. The zero-order chi connectivity index (χ0) is 18.7. The van der Waals surface area contributed by atoms with Crippen LogP contribution in [0.4, 0.5) is 0 Å². The quantitative estimate of drug-likeness (QED) is 0.261. The summed E-state index contributed by atoms with van der Waals surface area (Å²) in [6.45, 7) is 7.92. The van der Waals surface area contributed by atoms with Gasteiger partial charge in [-0.05, 0) is 24.0 Å². The first-order valence-electron chi connectivity index (χ1n) is 9.92. The molecule has 0 unspecified atom stereocenters. The minimum absolute atomic E-state index is 0. The van der Waals surface area contributed by atoms with Gasteiger partial charge in [-0.2, -0.15) is 0 Å². The van der Waals surface area contributed by atoms with E-state index in [1.807, 2.05) is 7.05 Å². The number of ether oxygens (including phenoxy) is 2. The van der Waals surface area contributed by atoms with Crippen LogP contribution in [0, 0.1) is 0 Å². The number of aliphatic imine (C=N–C) groups is 1. The summed E-state index contributed by atoms with van der Waals surface area (Å²) in [7, 11) is 1.82. The first-order valence-corrected chi connectivity index (χ1v) is 9.92. The molecule has 156 valence electrons. The predicted octanol–water partition coefficient (Wildman–Crippen LogP) is 2.54. The van der Waals surface area contributed by atoms with Gasteiger partial charge in [-0.1, -0.05) is 35.9 Å². The van der Waals surface area contributed by atoms with Crippen LogP contribution in [-0.2, 0) is 22.6 Å². The molecule has 2 heterocycles. The highest BCUT2D eigenvalue weighted by Gasteiger charge is 2.13. The lowest BCUT2D eigenvalue weighted by Gasteiger charge is -2.27. The second-order valence-corrected chi connectivity index (χ2v) is 6.95. The summed E-state index contributed by atoms with van der Waals surface area (Å²) in [6.07, 6.45) is 4.28. The van der Waals surface area contributed by atoms with Crippen LogP contribution in [0.3, 0.4) is 0 Å². The lowest BCUT2D eigenvalue weighted by Crippen LogP contribution is -2.38. The van der Waals surface area contributed by atoms with Crippen molar-refractivity contribution in [2.75, 3.05) is 53.1 Å². The fourth-order valence-electron chi connectivity index (χ4n) is 3.42. The van der Waals surface area contributed by atoms with Gasteiger partial charge >= 0.3 is 0 Å². The van der Waals surface area contributed by atoms with Crippen LogP contribution in [0.25, 0.3) is 0 Å². The van der Waals surface area contributed by atoms with Crippen molar-refractivity contribution in [1.29, 1.82) is 0 Å². The summed E-state index contributed by atoms with van der Waals surface area (Å²) in [5, 5.41) is 6.87. The molecule has 0 aliphatic carbocycles. The molecule has 3 rings (SSSR count). The Labute approximate surface area is 185 Å². The average Bonchev–Trinajstić information content (AvgIpc) is 2.73. The highest BCUT2D eigenvalue weighted by molar-refractivity contribution is 14.0. The van der Waals surface area contributed by atoms with Crippen LogP contribution in [-0.4, -0.2) is 64.0 Å². The van der Waals surface area contributed by atoms with E-state index in [4.69, 9.17) is 9.47 Å². The lowest BCUT2D eigenvalue weighted by molar-refractivity contribution is 0.0341. The Morgan fingerprint density at radius 3 is 2.57 bits per heavy atom. The van der Waals surface area contributed by atoms with Gasteiger partial charge in [0.25, 0.3) is 0 Å². The van der Waals surface area contributed by atoms with Crippen LogP contribution in [0.2, 0.25) is 0 Å². The van der Waals surface area contributed by atoms with Crippen molar-refractivity contribution in [2.45, 2.75) is 25.9 Å². The summed E-state index contributed by atoms with van der Waals surface area (Å²) in [5.74, 6) is 0.851. The van der Waals surface area contributed by atoms with Gasteiger partial charge in [0, 0.05) is 39.8 Å². The summed E-state index contributed by atoms with van der Waals surface area (Å²) < 4.78 is 10.8. The smallest absolute Gasteiger partial charge is 0.191 e. The number of morpholine rings is 1. The third-order valence-corrected chi connectivity index (χ3v) is 5.08. The molecule has 1 saturated heterocycles. The largest absolute Gasteiger partial charge is 0.379 e. The Kier molecular flexibility index (Phi) is 10.8. The van der Waals surface area contributed by atoms with Gasteiger partial charge in [-0.3, -0.25) is 9.89 Å². The Bertz CT molecular complexity index is 645. The summed E-state index contributed by atoms with van der Waals surface area (Å²) in [6, 6.07) is 8.64. The van der Waals surface area contributed by atoms with E-state index < -0.39 is 0 Å². The molecule has 0 radical (unpaired) electrons. The lowest BCUT2D eigenvalue weighted by atomic mass is 10.1. The normalized spacial score (nSPS) is 18.2. The molecule has 2 aliphatic rings. The van der Waals surface area contributed by atoms with Crippen LogP contribution >= 0.6 is 24.0 Å². The third kappa shape index (κ3) is 7.69. The zero-order valence-electron chi connectivity index (χ0n) is 16.8. The number of nitrogens with zero attached hydrogens (tertiary/aromatic N) is 2. The Hall–Kier alpha value is -1.16. The third-order valence-electron chi connectivity index (χ3n) is 5.08. The maximum atomic E-state index is 5.45. The molecule has 1 fully saturated rings. The van der Waals surface area contributed by atoms with E-state index in [0.717, 1.165) is 78.0 Å². The van der Waals surface area contributed by atoms with Crippen molar-refractivity contribution < 1.29 is 9.47 Å². The standard InChI is InChI=1S/C21H32N4O2.HI/c1-22-21(23-9-6-18-7-12-26-13-8-18)24-16-19-4-2-3-5-20(19)17-25-10-14-27-15-11-25;/h2-5,7H,6,8-17H2,1H3,(H2,22,23,24);1H. The van der Waals surface area contributed by atoms with Gasteiger partial charge in [0.05, 0.1) is 26.4 Å². The maximum absolute atomic E-state index is 5.45. The van der Waals surface area contributed by atoms with E-state index in [9.17, 15) is 0 Å². The van der Waals surface area contributed by atoms with Crippen LogP contribution in [0.15, 0.2) is 40.9 Å². The minimum atomic E-state index is 0. The fraction of sp³-hybridized carbons (Fsp3) is 0.571.